The largest absolute Gasteiger partial charge is 0.363 e. The van der Waals surface area contributed by atoms with Gasteiger partial charge in [0.2, 0.25) is 0 Å². The SMILES string of the molecule is Cc1cc(N2C(C)CCN(C)CC2CC#N)ccc1Br. The molecule has 2 atom stereocenters. The Morgan fingerprint density at radius 3 is 2.85 bits per heavy atom. The first-order valence-electron chi connectivity index (χ1n) is 7.13. The van der Waals surface area contributed by atoms with Gasteiger partial charge in [0.05, 0.1) is 18.5 Å². The Bertz CT molecular complexity index is 509. The average Bonchev–Trinajstić information content (AvgIpc) is 2.53. The number of hydrogen-bond acceptors (Lipinski definition) is 3. The molecule has 0 spiro atoms. The van der Waals surface area contributed by atoms with Crippen molar-refractivity contribution in [2.45, 2.75) is 38.8 Å². The molecule has 108 valence electrons. The van der Waals surface area contributed by atoms with Gasteiger partial charge in [-0.3, -0.25) is 0 Å². The molecule has 1 aromatic rings. The van der Waals surface area contributed by atoms with Crippen molar-refractivity contribution >= 4 is 21.6 Å². The molecule has 0 saturated carbocycles. The number of anilines is 1. The van der Waals surface area contributed by atoms with Crippen LogP contribution in [0.2, 0.25) is 0 Å². The molecule has 0 amide bonds. The predicted octanol–water partition coefficient (Wildman–Crippen LogP) is 3.57. The minimum atomic E-state index is 0.267. The van der Waals surface area contributed by atoms with Crippen LogP contribution >= 0.6 is 15.9 Å². The third-order valence-corrected chi connectivity index (χ3v) is 4.98. The molecular formula is C16H22BrN3. The quantitative estimate of drug-likeness (QED) is 0.827. The maximum absolute atomic E-state index is 9.14. The second-order valence-electron chi connectivity index (χ2n) is 5.76. The van der Waals surface area contributed by atoms with Gasteiger partial charge in [0.1, 0.15) is 0 Å². The van der Waals surface area contributed by atoms with E-state index in [-0.39, 0.29) is 6.04 Å². The lowest BCUT2D eigenvalue weighted by molar-refractivity contribution is 0.331. The summed E-state index contributed by atoms with van der Waals surface area (Å²) in [6.07, 6.45) is 1.71. The molecule has 0 N–H and O–H groups in total. The molecule has 0 aliphatic carbocycles. The fraction of sp³-hybridized carbons (Fsp3) is 0.562. The van der Waals surface area contributed by atoms with E-state index in [1.807, 2.05) is 0 Å². The molecule has 2 rings (SSSR count). The number of halogens is 1. The van der Waals surface area contributed by atoms with Crippen LogP contribution in [0, 0.1) is 18.3 Å². The third-order valence-electron chi connectivity index (χ3n) is 4.09. The molecule has 20 heavy (non-hydrogen) atoms. The van der Waals surface area contributed by atoms with Crippen LogP contribution in [0.25, 0.3) is 0 Å². The second-order valence-corrected chi connectivity index (χ2v) is 6.61. The van der Waals surface area contributed by atoms with Crippen LogP contribution in [0.15, 0.2) is 22.7 Å². The summed E-state index contributed by atoms with van der Waals surface area (Å²) in [7, 11) is 2.15. The van der Waals surface area contributed by atoms with E-state index in [4.69, 9.17) is 5.26 Å². The predicted molar refractivity (Wildman–Crippen MR) is 87.0 cm³/mol. The van der Waals surface area contributed by atoms with Crippen LogP contribution in [-0.2, 0) is 0 Å². The van der Waals surface area contributed by atoms with Gasteiger partial charge in [-0.1, -0.05) is 15.9 Å². The van der Waals surface area contributed by atoms with Crippen LogP contribution < -0.4 is 4.90 Å². The van der Waals surface area contributed by atoms with Crippen LogP contribution in [0.4, 0.5) is 5.69 Å². The molecule has 0 radical (unpaired) electrons. The monoisotopic (exact) mass is 335 g/mol. The van der Waals surface area contributed by atoms with Crippen LogP contribution in [-0.4, -0.2) is 37.1 Å². The lowest BCUT2D eigenvalue weighted by Crippen LogP contribution is -2.44. The van der Waals surface area contributed by atoms with Crippen LogP contribution in [0.5, 0.6) is 0 Å². The topological polar surface area (TPSA) is 30.3 Å². The zero-order valence-electron chi connectivity index (χ0n) is 12.4. The van der Waals surface area contributed by atoms with Crippen molar-refractivity contribution in [3.05, 3.63) is 28.2 Å². The van der Waals surface area contributed by atoms with Gasteiger partial charge in [0, 0.05) is 22.7 Å². The van der Waals surface area contributed by atoms with Gasteiger partial charge < -0.3 is 9.80 Å². The van der Waals surface area contributed by atoms with Crippen LogP contribution in [0.1, 0.15) is 25.3 Å². The van der Waals surface area contributed by atoms with E-state index in [0.717, 1.165) is 24.0 Å². The molecule has 3 nitrogen and oxygen atoms in total. The van der Waals surface area contributed by atoms with E-state index in [9.17, 15) is 0 Å². The first-order valence-corrected chi connectivity index (χ1v) is 7.92. The van der Waals surface area contributed by atoms with E-state index in [1.54, 1.807) is 0 Å². The Morgan fingerprint density at radius 2 is 2.20 bits per heavy atom. The maximum Gasteiger partial charge on any atom is 0.0643 e. The van der Waals surface area contributed by atoms with E-state index < -0.39 is 0 Å². The molecule has 2 unspecified atom stereocenters. The molecule has 1 aromatic carbocycles. The Hall–Kier alpha value is -1.05. The number of nitriles is 1. The second kappa shape index (κ2) is 6.60. The average molecular weight is 336 g/mol. The van der Waals surface area contributed by atoms with E-state index in [1.165, 1.54) is 11.3 Å². The molecule has 0 aromatic heterocycles. The summed E-state index contributed by atoms with van der Waals surface area (Å²) in [5.74, 6) is 0. The fourth-order valence-electron chi connectivity index (χ4n) is 2.97. The van der Waals surface area contributed by atoms with E-state index in [0.29, 0.717) is 12.5 Å². The zero-order chi connectivity index (χ0) is 14.7. The smallest absolute Gasteiger partial charge is 0.0643 e. The molecule has 1 saturated heterocycles. The number of rotatable bonds is 2. The van der Waals surface area contributed by atoms with Crippen molar-refractivity contribution in [3.63, 3.8) is 0 Å². The Morgan fingerprint density at radius 1 is 1.45 bits per heavy atom. The standard InChI is InChI=1S/C16H22BrN3/c1-12-10-14(4-5-16(12)17)20-13(2)7-9-19(3)11-15(20)6-8-18/h4-5,10,13,15H,6-7,9,11H2,1-3H3. The molecule has 1 aliphatic rings. The summed E-state index contributed by atoms with van der Waals surface area (Å²) >= 11 is 3.56. The van der Waals surface area contributed by atoms with Crippen molar-refractivity contribution in [1.82, 2.24) is 4.90 Å². The number of benzene rings is 1. The number of aryl methyl sites for hydroxylation is 1. The summed E-state index contributed by atoms with van der Waals surface area (Å²) in [6, 6.07) is 9.56. The number of nitrogens with zero attached hydrogens (tertiary/aromatic N) is 3. The van der Waals surface area contributed by atoms with Gasteiger partial charge in [0.25, 0.3) is 0 Å². The summed E-state index contributed by atoms with van der Waals surface area (Å²) in [6.45, 7) is 6.42. The highest BCUT2D eigenvalue weighted by atomic mass is 79.9. The number of likely N-dealkylation sites (N-methyl/N-ethyl adjacent to an activating group) is 1. The number of hydrogen-bond donors (Lipinski definition) is 0. The molecule has 1 heterocycles. The Labute approximate surface area is 130 Å². The summed E-state index contributed by atoms with van der Waals surface area (Å²) in [5, 5.41) is 9.14. The van der Waals surface area contributed by atoms with Crippen molar-refractivity contribution in [2.24, 2.45) is 0 Å². The van der Waals surface area contributed by atoms with Gasteiger partial charge in [-0.25, -0.2) is 0 Å². The van der Waals surface area contributed by atoms with Gasteiger partial charge in [-0.2, -0.15) is 5.26 Å². The van der Waals surface area contributed by atoms with Crippen molar-refractivity contribution in [1.29, 1.82) is 5.26 Å². The highest BCUT2D eigenvalue weighted by Gasteiger charge is 2.28. The Kier molecular flexibility index (Phi) is 5.06. The van der Waals surface area contributed by atoms with Gasteiger partial charge in [-0.15, -0.1) is 0 Å². The molecule has 0 bridgehead atoms. The van der Waals surface area contributed by atoms with Gasteiger partial charge in [-0.05, 0) is 57.6 Å². The lowest BCUT2D eigenvalue weighted by atomic mass is 10.1. The van der Waals surface area contributed by atoms with E-state index >= 15 is 0 Å². The first-order chi connectivity index (χ1) is 9.52. The van der Waals surface area contributed by atoms with Crippen molar-refractivity contribution < 1.29 is 0 Å². The van der Waals surface area contributed by atoms with Crippen molar-refractivity contribution in [3.8, 4) is 6.07 Å². The van der Waals surface area contributed by atoms with Crippen molar-refractivity contribution in [2.75, 3.05) is 25.0 Å². The van der Waals surface area contributed by atoms with Crippen LogP contribution in [0.3, 0.4) is 0 Å². The summed E-state index contributed by atoms with van der Waals surface area (Å²) in [4.78, 5) is 4.77. The summed E-state index contributed by atoms with van der Waals surface area (Å²) in [5.41, 5.74) is 2.47. The lowest BCUT2D eigenvalue weighted by Gasteiger charge is -2.36. The minimum absolute atomic E-state index is 0.267. The zero-order valence-corrected chi connectivity index (χ0v) is 14.0. The van der Waals surface area contributed by atoms with E-state index in [2.05, 4.69) is 70.9 Å². The maximum atomic E-state index is 9.14. The molecular weight excluding hydrogens is 314 g/mol. The highest BCUT2D eigenvalue weighted by molar-refractivity contribution is 9.10. The third kappa shape index (κ3) is 3.34. The first kappa shape index (κ1) is 15.3. The molecule has 1 fully saturated rings. The van der Waals surface area contributed by atoms with Gasteiger partial charge >= 0.3 is 0 Å². The highest BCUT2D eigenvalue weighted by Crippen LogP contribution is 2.29. The summed E-state index contributed by atoms with van der Waals surface area (Å²) < 4.78 is 1.14. The Balaban J connectivity index is 2.36. The molecule has 1 aliphatic heterocycles. The molecule has 4 heteroatoms. The minimum Gasteiger partial charge on any atom is -0.363 e. The fourth-order valence-corrected chi connectivity index (χ4v) is 3.21. The normalized spacial score (nSPS) is 24.2. The van der Waals surface area contributed by atoms with Gasteiger partial charge in [0.15, 0.2) is 0 Å².